The summed E-state index contributed by atoms with van der Waals surface area (Å²) in [5, 5.41) is 5.16. The van der Waals surface area contributed by atoms with Crippen LogP contribution in [0.4, 0.5) is 14.5 Å². The molecule has 3 rings (SSSR count). The molecule has 0 saturated carbocycles. The van der Waals surface area contributed by atoms with E-state index in [9.17, 15) is 28.0 Å². The Kier molecular flexibility index (Phi) is 10.3. The smallest absolute Gasteiger partial charge is 0.325 e. The van der Waals surface area contributed by atoms with E-state index in [0.29, 0.717) is 11.8 Å². The van der Waals surface area contributed by atoms with Gasteiger partial charge < -0.3 is 15.4 Å². The minimum atomic E-state index is -1.10. The lowest BCUT2D eigenvalue weighted by atomic mass is 10.0. The summed E-state index contributed by atoms with van der Waals surface area (Å²) in [7, 11) is 1.21. The SMILES string of the molecule is COC(=O)CN(C(=O)[C@H](Cc1ccccc1)NC(=O)[C@H](C)NC(=O)Cc1cc(F)cc(F)c1)c1ccccc1. The first-order valence-corrected chi connectivity index (χ1v) is 12.2. The molecule has 0 unspecified atom stereocenters. The minimum Gasteiger partial charge on any atom is -0.468 e. The van der Waals surface area contributed by atoms with Crippen LogP contribution in [0.5, 0.6) is 0 Å². The third kappa shape index (κ3) is 8.74. The number of nitrogens with zero attached hydrogens (tertiary/aromatic N) is 1. The first kappa shape index (κ1) is 29.0. The second-order valence-electron chi connectivity index (χ2n) is 8.83. The summed E-state index contributed by atoms with van der Waals surface area (Å²) in [6.45, 7) is 1.05. The van der Waals surface area contributed by atoms with Crippen LogP contribution in [0, 0.1) is 11.6 Å². The molecule has 3 amide bonds. The van der Waals surface area contributed by atoms with Gasteiger partial charge in [-0.3, -0.25) is 24.1 Å². The van der Waals surface area contributed by atoms with Crippen molar-refractivity contribution < 1.29 is 32.7 Å². The lowest BCUT2D eigenvalue weighted by molar-refractivity contribution is -0.140. The van der Waals surface area contributed by atoms with Gasteiger partial charge in [-0.2, -0.15) is 0 Å². The van der Waals surface area contributed by atoms with E-state index in [2.05, 4.69) is 10.6 Å². The number of hydrogen-bond acceptors (Lipinski definition) is 5. The van der Waals surface area contributed by atoms with Crippen LogP contribution in [0.3, 0.4) is 0 Å². The molecule has 39 heavy (non-hydrogen) atoms. The van der Waals surface area contributed by atoms with E-state index in [0.717, 1.165) is 17.7 Å². The highest BCUT2D eigenvalue weighted by atomic mass is 19.1. The predicted octanol–water partition coefficient (Wildman–Crippen LogP) is 2.95. The summed E-state index contributed by atoms with van der Waals surface area (Å²) in [5.74, 6) is -4.13. The minimum absolute atomic E-state index is 0.107. The first-order chi connectivity index (χ1) is 18.7. The Balaban J connectivity index is 1.78. The number of halogens is 2. The van der Waals surface area contributed by atoms with Crippen molar-refractivity contribution in [2.24, 2.45) is 0 Å². The molecular weight excluding hydrogens is 508 g/mol. The Morgan fingerprint density at radius 1 is 0.846 bits per heavy atom. The summed E-state index contributed by atoms with van der Waals surface area (Å²) in [5.41, 5.74) is 1.30. The fraction of sp³-hybridized carbons (Fsp3) is 0.241. The number of hydrogen-bond donors (Lipinski definition) is 2. The van der Waals surface area contributed by atoms with Crippen molar-refractivity contribution in [3.63, 3.8) is 0 Å². The number of carbonyl (C=O) groups excluding carboxylic acids is 4. The van der Waals surface area contributed by atoms with Gasteiger partial charge in [0.25, 0.3) is 0 Å². The van der Waals surface area contributed by atoms with Crippen LogP contribution in [-0.4, -0.2) is 49.4 Å². The summed E-state index contributed by atoms with van der Waals surface area (Å²) < 4.78 is 31.7. The van der Waals surface area contributed by atoms with Crippen LogP contribution in [0.25, 0.3) is 0 Å². The van der Waals surface area contributed by atoms with Gasteiger partial charge in [-0.15, -0.1) is 0 Å². The molecule has 204 valence electrons. The first-order valence-electron chi connectivity index (χ1n) is 12.2. The van der Waals surface area contributed by atoms with Crippen molar-refractivity contribution in [2.75, 3.05) is 18.6 Å². The Morgan fingerprint density at radius 2 is 1.44 bits per heavy atom. The highest BCUT2D eigenvalue weighted by Crippen LogP contribution is 2.17. The summed E-state index contributed by atoms with van der Waals surface area (Å²) in [6.07, 6.45) is -0.237. The van der Waals surface area contributed by atoms with Crippen LogP contribution in [-0.2, 0) is 36.8 Å². The van der Waals surface area contributed by atoms with Gasteiger partial charge in [-0.05, 0) is 42.3 Å². The highest BCUT2D eigenvalue weighted by molar-refractivity contribution is 6.03. The quantitative estimate of drug-likeness (QED) is 0.366. The molecule has 2 N–H and O–H groups in total. The maximum Gasteiger partial charge on any atom is 0.325 e. The van der Waals surface area contributed by atoms with Crippen LogP contribution in [0.2, 0.25) is 0 Å². The Hall–Kier alpha value is -4.60. The average molecular weight is 538 g/mol. The number of rotatable bonds is 11. The lowest BCUT2D eigenvalue weighted by Crippen LogP contribution is -2.55. The van der Waals surface area contributed by atoms with Crippen LogP contribution >= 0.6 is 0 Å². The molecule has 2 atom stereocenters. The zero-order chi connectivity index (χ0) is 28.4. The van der Waals surface area contributed by atoms with Crippen molar-refractivity contribution in [3.8, 4) is 0 Å². The van der Waals surface area contributed by atoms with Crippen molar-refractivity contribution >= 4 is 29.4 Å². The Labute approximate surface area is 225 Å². The van der Waals surface area contributed by atoms with Crippen molar-refractivity contribution in [1.82, 2.24) is 10.6 Å². The van der Waals surface area contributed by atoms with Crippen molar-refractivity contribution in [3.05, 3.63) is 102 Å². The van der Waals surface area contributed by atoms with Gasteiger partial charge >= 0.3 is 5.97 Å². The van der Waals surface area contributed by atoms with Gasteiger partial charge in [0.05, 0.1) is 13.5 Å². The molecule has 0 heterocycles. The van der Waals surface area contributed by atoms with E-state index in [1.165, 1.54) is 18.9 Å². The molecule has 3 aromatic rings. The maximum atomic E-state index is 13.7. The van der Waals surface area contributed by atoms with E-state index in [1.807, 2.05) is 6.07 Å². The van der Waals surface area contributed by atoms with Gasteiger partial charge in [0.1, 0.15) is 30.3 Å². The topological polar surface area (TPSA) is 105 Å². The fourth-order valence-electron chi connectivity index (χ4n) is 3.89. The van der Waals surface area contributed by atoms with Crippen molar-refractivity contribution in [2.45, 2.75) is 31.8 Å². The second kappa shape index (κ2) is 13.8. The molecule has 0 aromatic heterocycles. The normalized spacial score (nSPS) is 12.1. The van der Waals surface area contributed by atoms with Gasteiger partial charge in [0.2, 0.25) is 17.7 Å². The zero-order valence-electron chi connectivity index (χ0n) is 21.5. The molecule has 0 aliphatic carbocycles. The monoisotopic (exact) mass is 537 g/mol. The lowest BCUT2D eigenvalue weighted by Gasteiger charge is -2.28. The molecule has 0 saturated heterocycles. The van der Waals surface area contributed by atoms with E-state index in [4.69, 9.17) is 4.74 Å². The molecule has 0 spiro atoms. The number of anilines is 1. The molecule has 10 heteroatoms. The average Bonchev–Trinajstić information content (AvgIpc) is 2.91. The molecule has 0 bridgehead atoms. The zero-order valence-corrected chi connectivity index (χ0v) is 21.5. The molecule has 0 fully saturated rings. The Morgan fingerprint density at radius 3 is 2.03 bits per heavy atom. The third-order valence-electron chi connectivity index (χ3n) is 5.80. The number of para-hydroxylation sites is 1. The molecule has 8 nitrogen and oxygen atoms in total. The van der Waals surface area contributed by atoms with E-state index in [-0.39, 0.29) is 24.9 Å². The number of nitrogens with one attached hydrogen (secondary N) is 2. The standard InChI is InChI=1S/C29H29F2N3O5/c1-19(32-26(35)16-21-13-22(30)17-23(31)14-21)28(37)33-25(15-20-9-5-3-6-10-20)29(38)34(18-27(36)39-2)24-11-7-4-8-12-24/h3-14,17,19,25H,15-16,18H2,1-2H3,(H,32,35)(H,33,37)/t19-,25-/m0/s1. The van der Waals surface area contributed by atoms with Gasteiger partial charge in [-0.25, -0.2) is 8.78 Å². The Bertz CT molecular complexity index is 1280. The largest absolute Gasteiger partial charge is 0.468 e. The predicted molar refractivity (Wildman–Crippen MR) is 141 cm³/mol. The van der Waals surface area contributed by atoms with Crippen molar-refractivity contribution in [1.29, 1.82) is 0 Å². The summed E-state index contributed by atoms with van der Waals surface area (Å²) in [6, 6.07) is 18.1. The molecule has 0 aliphatic heterocycles. The third-order valence-corrected chi connectivity index (χ3v) is 5.80. The van der Waals surface area contributed by atoms with E-state index in [1.54, 1.807) is 54.6 Å². The number of amides is 3. The number of carbonyl (C=O) groups is 4. The van der Waals surface area contributed by atoms with Crippen LogP contribution in [0.15, 0.2) is 78.9 Å². The van der Waals surface area contributed by atoms with Crippen LogP contribution in [0.1, 0.15) is 18.1 Å². The number of ether oxygens (including phenoxy) is 1. The molecule has 3 aromatic carbocycles. The second-order valence-corrected chi connectivity index (χ2v) is 8.83. The number of methoxy groups -OCH3 is 1. The fourth-order valence-corrected chi connectivity index (χ4v) is 3.89. The van der Waals surface area contributed by atoms with Gasteiger partial charge in [0, 0.05) is 18.2 Å². The molecule has 0 aliphatic rings. The van der Waals surface area contributed by atoms with E-state index >= 15 is 0 Å². The van der Waals surface area contributed by atoms with Gasteiger partial charge in [-0.1, -0.05) is 48.5 Å². The highest BCUT2D eigenvalue weighted by Gasteiger charge is 2.30. The van der Waals surface area contributed by atoms with Crippen LogP contribution < -0.4 is 15.5 Å². The summed E-state index contributed by atoms with van der Waals surface area (Å²) >= 11 is 0. The van der Waals surface area contributed by atoms with E-state index < -0.39 is 47.4 Å². The maximum absolute atomic E-state index is 13.7. The molecule has 0 radical (unpaired) electrons. The number of esters is 1. The van der Waals surface area contributed by atoms with Gasteiger partial charge in [0.15, 0.2) is 0 Å². The molecular formula is C29H29F2N3O5. The summed E-state index contributed by atoms with van der Waals surface area (Å²) in [4.78, 5) is 52.6. The number of benzene rings is 3.